The van der Waals surface area contributed by atoms with E-state index in [9.17, 15) is 8.42 Å². The Morgan fingerprint density at radius 1 is 1.10 bits per heavy atom. The average Bonchev–Trinajstić information content (AvgIpc) is 3.48. The Kier molecular flexibility index (Phi) is 5.01. The highest BCUT2D eigenvalue weighted by molar-refractivity contribution is 7.91. The van der Waals surface area contributed by atoms with E-state index in [0.717, 1.165) is 37.7 Å². The molecule has 0 aliphatic heterocycles. The maximum atomic E-state index is 13.0. The van der Waals surface area contributed by atoms with Gasteiger partial charge in [-0.15, -0.1) is 11.3 Å². The summed E-state index contributed by atoms with van der Waals surface area (Å²) in [6, 6.07) is 9.53. The third-order valence-corrected chi connectivity index (χ3v) is 8.82. The maximum absolute atomic E-state index is 13.0. The summed E-state index contributed by atoms with van der Waals surface area (Å²) in [4.78, 5) is 4.52. The lowest BCUT2D eigenvalue weighted by atomic mass is 9.88. The minimum absolute atomic E-state index is 0.186. The number of thiophene rings is 1. The molecule has 8 heteroatoms. The van der Waals surface area contributed by atoms with Crippen molar-refractivity contribution in [3.05, 3.63) is 52.7 Å². The molecule has 152 valence electrons. The number of nitrogens with one attached hydrogen (secondary N) is 1. The lowest BCUT2D eigenvalue weighted by Gasteiger charge is -2.25. The van der Waals surface area contributed by atoms with Gasteiger partial charge in [0.25, 0.3) is 10.0 Å². The molecule has 1 N–H and O–H groups in total. The van der Waals surface area contributed by atoms with Crippen molar-refractivity contribution in [1.29, 1.82) is 0 Å². The molecule has 1 unspecified atom stereocenters. The van der Waals surface area contributed by atoms with Crippen molar-refractivity contribution in [1.82, 2.24) is 14.9 Å². The second kappa shape index (κ2) is 7.66. The Bertz CT molecular complexity index is 1110. The molecular weight excluding hydrogens is 406 g/mol. The quantitative estimate of drug-likeness (QED) is 0.629. The van der Waals surface area contributed by atoms with Crippen molar-refractivity contribution < 1.29 is 12.9 Å². The van der Waals surface area contributed by atoms with Crippen LogP contribution >= 0.6 is 11.3 Å². The van der Waals surface area contributed by atoms with E-state index in [1.54, 1.807) is 11.4 Å². The fourth-order valence-electron chi connectivity index (χ4n) is 4.39. The number of aromatic nitrogens is 2. The van der Waals surface area contributed by atoms with Crippen molar-refractivity contribution in [2.24, 2.45) is 0 Å². The van der Waals surface area contributed by atoms with Crippen LogP contribution in [0.15, 0.2) is 44.4 Å². The van der Waals surface area contributed by atoms with Gasteiger partial charge in [0.15, 0.2) is 0 Å². The van der Waals surface area contributed by atoms with Crippen LogP contribution < -0.4 is 4.72 Å². The first-order valence-corrected chi connectivity index (χ1v) is 12.5. The Morgan fingerprint density at radius 3 is 2.79 bits per heavy atom. The zero-order valence-corrected chi connectivity index (χ0v) is 17.6. The predicted molar refractivity (Wildman–Crippen MR) is 111 cm³/mol. The van der Waals surface area contributed by atoms with Gasteiger partial charge in [-0.2, -0.15) is 4.98 Å². The van der Waals surface area contributed by atoms with E-state index in [2.05, 4.69) is 20.9 Å². The Morgan fingerprint density at radius 2 is 1.93 bits per heavy atom. The first-order valence-electron chi connectivity index (χ1n) is 10.1. The molecule has 0 bridgehead atoms. The number of sulfonamides is 1. The van der Waals surface area contributed by atoms with Crippen molar-refractivity contribution in [2.75, 3.05) is 0 Å². The van der Waals surface area contributed by atoms with Crippen LogP contribution in [0.4, 0.5) is 0 Å². The lowest BCUT2D eigenvalue weighted by molar-refractivity contribution is 0.354. The summed E-state index contributed by atoms with van der Waals surface area (Å²) in [5.74, 6) is 1.48. The van der Waals surface area contributed by atoms with Gasteiger partial charge in [-0.1, -0.05) is 42.3 Å². The molecule has 2 heterocycles. The second-order valence-corrected chi connectivity index (χ2v) is 10.7. The summed E-state index contributed by atoms with van der Waals surface area (Å²) in [6.07, 6.45) is 7.34. The highest BCUT2D eigenvalue weighted by Gasteiger charge is 2.28. The molecular formula is C21H23N3O3S2. The fourth-order valence-corrected chi connectivity index (χ4v) is 6.81. The molecule has 0 radical (unpaired) electrons. The van der Waals surface area contributed by atoms with Crippen molar-refractivity contribution >= 4 is 21.4 Å². The van der Waals surface area contributed by atoms with E-state index >= 15 is 0 Å². The van der Waals surface area contributed by atoms with Crippen LogP contribution in [0.3, 0.4) is 0 Å². The molecule has 3 aromatic rings. The molecule has 1 atom stereocenters. The summed E-state index contributed by atoms with van der Waals surface area (Å²) in [5, 5.41) is 5.86. The molecule has 29 heavy (non-hydrogen) atoms. The van der Waals surface area contributed by atoms with Crippen LogP contribution in [0.25, 0.3) is 11.4 Å². The molecule has 1 aromatic carbocycles. The number of hydrogen-bond acceptors (Lipinski definition) is 6. The molecule has 0 amide bonds. The fraction of sp³-hybridized carbons (Fsp3) is 0.429. The summed E-state index contributed by atoms with van der Waals surface area (Å²) in [7, 11) is -3.62. The molecule has 2 aliphatic carbocycles. The van der Waals surface area contributed by atoms with E-state index in [1.807, 2.05) is 18.2 Å². The van der Waals surface area contributed by atoms with Gasteiger partial charge in [-0.25, -0.2) is 13.1 Å². The normalized spacial score (nSPS) is 20.1. The molecule has 5 rings (SSSR count). The van der Waals surface area contributed by atoms with Gasteiger partial charge in [0.05, 0.1) is 0 Å². The largest absolute Gasteiger partial charge is 0.339 e. The van der Waals surface area contributed by atoms with E-state index in [1.165, 1.54) is 29.7 Å². The van der Waals surface area contributed by atoms with Gasteiger partial charge in [0.2, 0.25) is 11.7 Å². The number of hydrogen-bond donors (Lipinski definition) is 1. The second-order valence-electron chi connectivity index (χ2n) is 7.86. The van der Waals surface area contributed by atoms with Crippen LogP contribution in [0.5, 0.6) is 0 Å². The maximum Gasteiger partial charge on any atom is 0.250 e. The van der Waals surface area contributed by atoms with E-state index in [0.29, 0.717) is 23.2 Å². The number of aryl methyl sites for hydroxylation is 1. The number of benzene rings is 1. The third-order valence-electron chi connectivity index (χ3n) is 5.91. The van der Waals surface area contributed by atoms with Crippen LogP contribution in [0.2, 0.25) is 0 Å². The molecule has 0 spiro atoms. The van der Waals surface area contributed by atoms with Crippen LogP contribution in [0, 0.1) is 0 Å². The van der Waals surface area contributed by atoms with Gasteiger partial charge in [0.1, 0.15) is 4.21 Å². The standard InChI is InChI=1S/C21H23N3O3S2/c25-29(26,24-18-11-5-9-14-6-3-4-10-17(14)18)19-12-16(13-28-19)20-22-21(27-23-20)15-7-1-2-8-15/h3-4,6,10,12-13,15,18,24H,1-2,5,7-9,11H2. The summed E-state index contributed by atoms with van der Waals surface area (Å²) >= 11 is 1.19. The van der Waals surface area contributed by atoms with Gasteiger partial charge in [-0.05, 0) is 49.3 Å². The SMILES string of the molecule is O=S(=O)(NC1CCCc2ccccc21)c1cc(-c2noc(C3CCCC3)n2)cs1. The zero-order chi connectivity index (χ0) is 19.8. The van der Waals surface area contributed by atoms with Crippen molar-refractivity contribution in [3.63, 3.8) is 0 Å². The predicted octanol–water partition coefficient (Wildman–Crippen LogP) is 4.81. The highest BCUT2D eigenvalue weighted by atomic mass is 32.2. The van der Waals surface area contributed by atoms with Crippen molar-refractivity contribution in [2.45, 2.75) is 61.1 Å². The summed E-state index contributed by atoms with van der Waals surface area (Å²) in [6.45, 7) is 0. The highest BCUT2D eigenvalue weighted by Crippen LogP contribution is 2.35. The monoisotopic (exact) mass is 429 g/mol. The molecule has 0 saturated heterocycles. The lowest BCUT2D eigenvalue weighted by Crippen LogP contribution is -2.30. The van der Waals surface area contributed by atoms with Crippen LogP contribution in [-0.4, -0.2) is 18.6 Å². The molecule has 2 aromatic heterocycles. The minimum atomic E-state index is -3.62. The number of nitrogens with zero attached hydrogens (tertiary/aromatic N) is 2. The van der Waals surface area contributed by atoms with Gasteiger partial charge in [0, 0.05) is 22.9 Å². The van der Waals surface area contributed by atoms with Crippen LogP contribution in [0.1, 0.15) is 67.5 Å². The molecule has 1 saturated carbocycles. The molecule has 6 nitrogen and oxygen atoms in total. The van der Waals surface area contributed by atoms with E-state index < -0.39 is 10.0 Å². The molecule has 1 fully saturated rings. The number of rotatable bonds is 5. The first kappa shape index (κ1) is 19.0. The molecule has 2 aliphatic rings. The topological polar surface area (TPSA) is 85.1 Å². The van der Waals surface area contributed by atoms with E-state index in [-0.39, 0.29) is 10.3 Å². The zero-order valence-electron chi connectivity index (χ0n) is 16.0. The van der Waals surface area contributed by atoms with E-state index in [4.69, 9.17) is 4.52 Å². The van der Waals surface area contributed by atoms with Gasteiger partial charge < -0.3 is 4.52 Å². The summed E-state index contributed by atoms with van der Waals surface area (Å²) in [5.41, 5.74) is 3.00. The average molecular weight is 430 g/mol. The first-order chi connectivity index (χ1) is 14.1. The Labute approximate surface area is 174 Å². The van der Waals surface area contributed by atoms with Gasteiger partial charge >= 0.3 is 0 Å². The summed E-state index contributed by atoms with van der Waals surface area (Å²) < 4.78 is 34.6. The third kappa shape index (κ3) is 3.76. The van der Waals surface area contributed by atoms with Crippen LogP contribution in [-0.2, 0) is 16.4 Å². The van der Waals surface area contributed by atoms with Gasteiger partial charge in [-0.3, -0.25) is 0 Å². The number of fused-ring (bicyclic) bond motifs is 1. The minimum Gasteiger partial charge on any atom is -0.339 e. The van der Waals surface area contributed by atoms with Crippen molar-refractivity contribution in [3.8, 4) is 11.4 Å². The Balaban J connectivity index is 1.36. The smallest absolute Gasteiger partial charge is 0.250 e. The Hall–Kier alpha value is -2.03.